The van der Waals surface area contributed by atoms with Crippen LogP contribution in [0.5, 0.6) is 5.75 Å². The normalized spacial score (nSPS) is 11.1. The second-order valence-corrected chi connectivity index (χ2v) is 7.08. The Kier molecular flexibility index (Phi) is 6.00. The summed E-state index contributed by atoms with van der Waals surface area (Å²) in [5, 5.41) is 5.27. The van der Waals surface area contributed by atoms with Gasteiger partial charge in [-0.05, 0) is 38.0 Å². The summed E-state index contributed by atoms with van der Waals surface area (Å²) in [4.78, 5) is 29.3. The fourth-order valence-electron chi connectivity index (χ4n) is 3.46. The molecule has 0 bridgehead atoms. The van der Waals surface area contributed by atoms with Crippen LogP contribution in [-0.4, -0.2) is 45.8 Å². The highest BCUT2D eigenvalue weighted by Crippen LogP contribution is 2.21. The number of halogens is 1. The Labute approximate surface area is 168 Å². The minimum atomic E-state index is -0.433. The zero-order valence-corrected chi connectivity index (χ0v) is 17.1. The maximum absolute atomic E-state index is 13.6. The van der Waals surface area contributed by atoms with Gasteiger partial charge in [0.2, 0.25) is 5.91 Å². The van der Waals surface area contributed by atoms with E-state index in [0.717, 1.165) is 16.6 Å². The van der Waals surface area contributed by atoms with E-state index in [4.69, 9.17) is 4.74 Å². The lowest BCUT2D eigenvalue weighted by molar-refractivity contribution is -0.130. The highest BCUT2D eigenvalue weighted by Gasteiger charge is 2.17. The molecule has 154 valence electrons. The van der Waals surface area contributed by atoms with Crippen LogP contribution in [0.15, 0.2) is 29.1 Å². The van der Waals surface area contributed by atoms with Gasteiger partial charge >= 0.3 is 0 Å². The van der Waals surface area contributed by atoms with Crippen LogP contribution in [0.4, 0.5) is 4.39 Å². The molecule has 1 amide bonds. The van der Waals surface area contributed by atoms with Gasteiger partial charge in [-0.1, -0.05) is 12.1 Å². The van der Waals surface area contributed by atoms with Crippen molar-refractivity contribution in [1.29, 1.82) is 0 Å². The monoisotopic (exact) mass is 400 g/mol. The number of amides is 1. The average Bonchev–Trinajstić information content (AvgIpc) is 2.96. The molecule has 1 N–H and O–H groups in total. The van der Waals surface area contributed by atoms with Crippen LogP contribution < -0.4 is 10.3 Å². The van der Waals surface area contributed by atoms with E-state index in [-0.39, 0.29) is 30.2 Å². The number of hydrogen-bond acceptors (Lipinski definition) is 4. The number of H-pyrrole nitrogens is 1. The van der Waals surface area contributed by atoms with Gasteiger partial charge in [0.15, 0.2) is 11.6 Å². The number of likely N-dealkylation sites (N-methyl/N-ethyl adjacent to an activating group) is 1. The van der Waals surface area contributed by atoms with Crippen LogP contribution in [0.25, 0.3) is 11.0 Å². The predicted octanol–water partition coefficient (Wildman–Crippen LogP) is 2.49. The third-order valence-electron chi connectivity index (χ3n) is 5.09. The molecule has 0 saturated carbocycles. The summed E-state index contributed by atoms with van der Waals surface area (Å²) in [5.41, 5.74) is 2.77. The Morgan fingerprint density at radius 3 is 2.76 bits per heavy atom. The van der Waals surface area contributed by atoms with Gasteiger partial charge in [-0.3, -0.25) is 14.3 Å². The summed E-state index contributed by atoms with van der Waals surface area (Å²) in [7, 11) is 3.45. The summed E-state index contributed by atoms with van der Waals surface area (Å²) >= 11 is 0. The SMILES string of the molecule is Cc1nn(C)c2[nH]c(=O)c(CCC(=O)N(C)CCOc3ccccc3F)c(C)c12. The van der Waals surface area contributed by atoms with Crippen molar-refractivity contribution in [1.82, 2.24) is 19.7 Å². The number of rotatable bonds is 7. The zero-order valence-electron chi connectivity index (χ0n) is 17.1. The number of nitrogens with one attached hydrogen (secondary N) is 1. The number of carbonyl (C=O) groups excluding carboxylic acids is 1. The largest absolute Gasteiger partial charge is 0.489 e. The number of aromatic amines is 1. The summed E-state index contributed by atoms with van der Waals surface area (Å²) in [6, 6.07) is 6.15. The number of nitrogens with zero attached hydrogens (tertiary/aromatic N) is 3. The minimum absolute atomic E-state index is 0.107. The maximum Gasteiger partial charge on any atom is 0.253 e. The molecule has 0 fully saturated rings. The van der Waals surface area contributed by atoms with Crippen molar-refractivity contribution >= 4 is 16.9 Å². The number of benzene rings is 1. The number of aryl methyl sites for hydroxylation is 3. The Balaban J connectivity index is 1.61. The number of carbonyl (C=O) groups is 1. The molecule has 0 aliphatic heterocycles. The van der Waals surface area contributed by atoms with E-state index in [2.05, 4.69) is 10.1 Å². The number of fused-ring (bicyclic) bond motifs is 1. The molecule has 0 atom stereocenters. The quantitative estimate of drug-likeness (QED) is 0.661. The second kappa shape index (κ2) is 8.46. The molecule has 1 aromatic carbocycles. The summed E-state index contributed by atoms with van der Waals surface area (Å²) < 4.78 is 20.6. The Morgan fingerprint density at radius 2 is 2.03 bits per heavy atom. The van der Waals surface area contributed by atoms with E-state index < -0.39 is 5.82 Å². The lowest BCUT2D eigenvalue weighted by atomic mass is 10.0. The van der Waals surface area contributed by atoms with Crippen LogP contribution in [-0.2, 0) is 18.3 Å². The van der Waals surface area contributed by atoms with Gasteiger partial charge in [0, 0.05) is 31.5 Å². The fraction of sp³-hybridized carbons (Fsp3) is 0.381. The lowest BCUT2D eigenvalue weighted by Gasteiger charge is -2.18. The van der Waals surface area contributed by atoms with Crippen molar-refractivity contribution in [3.05, 3.63) is 57.3 Å². The Bertz CT molecular complexity index is 1100. The van der Waals surface area contributed by atoms with Crippen molar-refractivity contribution in [3.63, 3.8) is 0 Å². The molecule has 0 aliphatic rings. The van der Waals surface area contributed by atoms with Gasteiger partial charge in [-0.2, -0.15) is 5.10 Å². The van der Waals surface area contributed by atoms with Crippen LogP contribution in [0.2, 0.25) is 0 Å². The van der Waals surface area contributed by atoms with Gasteiger partial charge in [-0.25, -0.2) is 4.39 Å². The molecule has 0 saturated heterocycles. The number of aromatic nitrogens is 3. The molecule has 2 heterocycles. The number of ether oxygens (including phenoxy) is 1. The minimum Gasteiger partial charge on any atom is -0.489 e. The summed E-state index contributed by atoms with van der Waals surface area (Å²) in [6.07, 6.45) is 0.535. The fourth-order valence-corrected chi connectivity index (χ4v) is 3.46. The molecular formula is C21H25FN4O3. The van der Waals surface area contributed by atoms with Gasteiger partial charge in [0.25, 0.3) is 5.56 Å². The van der Waals surface area contributed by atoms with E-state index in [0.29, 0.717) is 24.2 Å². The van der Waals surface area contributed by atoms with Crippen LogP contribution in [0.3, 0.4) is 0 Å². The van der Waals surface area contributed by atoms with E-state index in [1.807, 2.05) is 13.8 Å². The molecular weight excluding hydrogens is 375 g/mol. The van der Waals surface area contributed by atoms with E-state index >= 15 is 0 Å². The second-order valence-electron chi connectivity index (χ2n) is 7.08. The molecule has 0 aliphatic carbocycles. The first kappa shape index (κ1) is 20.6. The lowest BCUT2D eigenvalue weighted by Crippen LogP contribution is -2.31. The number of para-hydroxylation sites is 1. The average molecular weight is 400 g/mol. The highest BCUT2D eigenvalue weighted by atomic mass is 19.1. The van der Waals surface area contributed by atoms with E-state index in [1.54, 1.807) is 37.0 Å². The predicted molar refractivity (Wildman–Crippen MR) is 109 cm³/mol. The molecule has 0 radical (unpaired) electrons. The van der Waals surface area contributed by atoms with Gasteiger partial charge in [-0.15, -0.1) is 0 Å². The standard InChI is InChI=1S/C21H25FN4O3/c1-13-15(21(28)23-20-19(13)14(2)24-26(20)4)9-10-18(27)25(3)11-12-29-17-8-6-5-7-16(17)22/h5-8H,9-12H2,1-4H3,(H,23,28). The molecule has 7 nitrogen and oxygen atoms in total. The Hall–Kier alpha value is -3.16. The Morgan fingerprint density at radius 1 is 1.31 bits per heavy atom. The smallest absolute Gasteiger partial charge is 0.253 e. The van der Waals surface area contributed by atoms with Crippen molar-refractivity contribution in [3.8, 4) is 5.75 Å². The van der Waals surface area contributed by atoms with Crippen molar-refractivity contribution in [2.45, 2.75) is 26.7 Å². The van der Waals surface area contributed by atoms with Crippen LogP contribution in [0.1, 0.15) is 23.2 Å². The molecule has 8 heteroatoms. The van der Waals surface area contributed by atoms with E-state index in [9.17, 15) is 14.0 Å². The molecule has 3 rings (SSSR count). The maximum atomic E-state index is 13.6. The third kappa shape index (κ3) is 4.31. The summed E-state index contributed by atoms with van der Waals surface area (Å²) in [5.74, 6) is -0.378. The molecule has 29 heavy (non-hydrogen) atoms. The van der Waals surface area contributed by atoms with E-state index in [1.165, 1.54) is 11.0 Å². The molecule has 0 spiro atoms. The number of pyridine rings is 1. The van der Waals surface area contributed by atoms with Crippen molar-refractivity contribution in [2.75, 3.05) is 20.2 Å². The van der Waals surface area contributed by atoms with Crippen LogP contribution in [0, 0.1) is 19.7 Å². The van der Waals surface area contributed by atoms with Gasteiger partial charge in [0.1, 0.15) is 12.3 Å². The third-order valence-corrected chi connectivity index (χ3v) is 5.09. The molecule has 0 unspecified atom stereocenters. The van der Waals surface area contributed by atoms with Crippen LogP contribution >= 0.6 is 0 Å². The van der Waals surface area contributed by atoms with Gasteiger partial charge in [0.05, 0.1) is 12.2 Å². The first-order chi connectivity index (χ1) is 13.8. The summed E-state index contributed by atoms with van der Waals surface area (Å²) in [6.45, 7) is 4.29. The first-order valence-electron chi connectivity index (χ1n) is 9.46. The van der Waals surface area contributed by atoms with Gasteiger partial charge < -0.3 is 14.6 Å². The number of hydrogen-bond donors (Lipinski definition) is 1. The van der Waals surface area contributed by atoms with Crippen molar-refractivity contribution in [2.24, 2.45) is 7.05 Å². The highest BCUT2D eigenvalue weighted by molar-refractivity contribution is 5.83. The zero-order chi connectivity index (χ0) is 21.1. The first-order valence-corrected chi connectivity index (χ1v) is 9.46. The molecule has 3 aromatic rings. The molecule has 2 aromatic heterocycles. The topological polar surface area (TPSA) is 80.2 Å². The van der Waals surface area contributed by atoms with Crippen molar-refractivity contribution < 1.29 is 13.9 Å².